The molecule has 0 aromatic carbocycles. The lowest BCUT2D eigenvalue weighted by molar-refractivity contribution is 0.459. The number of pyridine rings is 1. The number of aryl methyl sites for hydroxylation is 1. The molecule has 0 saturated heterocycles. The van der Waals surface area contributed by atoms with Gasteiger partial charge in [0.2, 0.25) is 0 Å². The van der Waals surface area contributed by atoms with Crippen LogP contribution in [0.4, 0.5) is 0 Å². The van der Waals surface area contributed by atoms with Crippen molar-refractivity contribution in [2.24, 2.45) is 0 Å². The van der Waals surface area contributed by atoms with Crippen molar-refractivity contribution in [3.8, 4) is 5.75 Å². The molecule has 0 aliphatic carbocycles. The summed E-state index contributed by atoms with van der Waals surface area (Å²) in [5.41, 5.74) is 1.63. The van der Waals surface area contributed by atoms with E-state index in [1.807, 2.05) is 13.0 Å². The van der Waals surface area contributed by atoms with E-state index in [1.54, 1.807) is 17.4 Å². The molecule has 2 rings (SSSR count). The fourth-order valence-corrected chi connectivity index (χ4v) is 3.12. The summed E-state index contributed by atoms with van der Waals surface area (Å²) in [6, 6.07) is 7.69. The first-order valence-electron chi connectivity index (χ1n) is 5.75. The number of aromatic nitrogens is 1. The van der Waals surface area contributed by atoms with E-state index in [9.17, 15) is 5.11 Å². The van der Waals surface area contributed by atoms with Crippen LogP contribution in [-0.2, 0) is 13.0 Å². The Morgan fingerprint density at radius 3 is 2.89 bits per heavy atom. The number of hydrogen-bond acceptors (Lipinski definition) is 4. The molecule has 0 bridgehead atoms. The van der Waals surface area contributed by atoms with E-state index >= 15 is 0 Å². The minimum absolute atomic E-state index is 0.256. The lowest BCUT2D eigenvalue weighted by atomic mass is 10.2. The van der Waals surface area contributed by atoms with Crippen molar-refractivity contribution in [3.05, 3.63) is 44.3 Å². The van der Waals surface area contributed by atoms with Crippen LogP contribution in [0.2, 0.25) is 0 Å². The Kier molecular flexibility index (Phi) is 4.74. The van der Waals surface area contributed by atoms with Crippen LogP contribution in [0, 0.1) is 6.92 Å². The molecule has 96 valence electrons. The summed E-state index contributed by atoms with van der Waals surface area (Å²) < 4.78 is 1.16. The first kappa shape index (κ1) is 13.5. The Labute approximate surface area is 119 Å². The van der Waals surface area contributed by atoms with Crippen LogP contribution in [0.25, 0.3) is 0 Å². The largest absolute Gasteiger partial charge is 0.506 e. The molecule has 0 aliphatic heterocycles. The lowest BCUT2D eigenvalue weighted by Gasteiger charge is -2.06. The zero-order valence-electron chi connectivity index (χ0n) is 10.1. The monoisotopic (exact) mass is 326 g/mol. The molecular formula is C13H15BrN2OS. The topological polar surface area (TPSA) is 45.1 Å². The van der Waals surface area contributed by atoms with Gasteiger partial charge in [0, 0.05) is 23.7 Å². The summed E-state index contributed by atoms with van der Waals surface area (Å²) in [4.78, 5) is 5.65. The Morgan fingerprint density at radius 1 is 1.33 bits per heavy atom. The minimum atomic E-state index is 0.256. The third kappa shape index (κ3) is 3.80. The maximum absolute atomic E-state index is 9.65. The number of thiophene rings is 1. The summed E-state index contributed by atoms with van der Waals surface area (Å²) in [6.07, 6.45) is 0.989. The number of nitrogens with one attached hydrogen (secondary N) is 1. The highest BCUT2D eigenvalue weighted by Gasteiger charge is 2.03. The Balaban J connectivity index is 1.80. The summed E-state index contributed by atoms with van der Waals surface area (Å²) >= 11 is 5.20. The molecule has 0 unspecified atom stereocenters. The predicted octanol–water partition coefficient (Wildman–Crippen LogP) is 3.25. The molecule has 3 nitrogen and oxygen atoms in total. The van der Waals surface area contributed by atoms with Crippen molar-refractivity contribution in [3.63, 3.8) is 0 Å². The fraction of sp³-hybridized carbons (Fsp3) is 0.308. The third-order valence-corrected chi connectivity index (χ3v) is 4.24. The van der Waals surface area contributed by atoms with E-state index in [0.717, 1.165) is 22.4 Å². The van der Waals surface area contributed by atoms with Crippen molar-refractivity contribution in [2.45, 2.75) is 19.9 Å². The lowest BCUT2D eigenvalue weighted by Crippen LogP contribution is -2.17. The van der Waals surface area contributed by atoms with Crippen molar-refractivity contribution in [2.75, 3.05) is 6.54 Å². The van der Waals surface area contributed by atoms with Gasteiger partial charge in [-0.25, -0.2) is 0 Å². The maximum atomic E-state index is 9.65. The van der Waals surface area contributed by atoms with E-state index < -0.39 is 0 Å². The summed E-state index contributed by atoms with van der Waals surface area (Å²) in [5.74, 6) is 0.256. The van der Waals surface area contributed by atoms with Gasteiger partial charge < -0.3 is 10.4 Å². The quantitative estimate of drug-likeness (QED) is 0.829. The average Bonchev–Trinajstić information content (AvgIpc) is 2.75. The third-order valence-electron chi connectivity index (χ3n) is 2.56. The van der Waals surface area contributed by atoms with Gasteiger partial charge in [-0.2, -0.15) is 0 Å². The molecule has 0 aliphatic rings. The smallest absolute Gasteiger partial charge is 0.138 e. The van der Waals surface area contributed by atoms with E-state index in [-0.39, 0.29) is 5.75 Å². The minimum Gasteiger partial charge on any atom is -0.506 e. The zero-order valence-corrected chi connectivity index (χ0v) is 12.5. The Morgan fingerprint density at radius 2 is 2.17 bits per heavy atom. The SMILES string of the molecule is Cc1ccc(O)c(CNCCc2ccc(Br)s2)n1. The normalized spacial score (nSPS) is 10.8. The van der Waals surface area contributed by atoms with Crippen molar-refractivity contribution >= 4 is 27.3 Å². The van der Waals surface area contributed by atoms with Crippen LogP contribution in [0.5, 0.6) is 5.75 Å². The van der Waals surface area contributed by atoms with Gasteiger partial charge in [0.25, 0.3) is 0 Å². The van der Waals surface area contributed by atoms with Gasteiger partial charge >= 0.3 is 0 Å². The number of nitrogens with zero attached hydrogens (tertiary/aromatic N) is 1. The molecule has 0 atom stereocenters. The molecule has 0 fully saturated rings. The molecule has 0 spiro atoms. The Hall–Kier alpha value is -0.910. The van der Waals surface area contributed by atoms with E-state index in [2.05, 4.69) is 38.4 Å². The van der Waals surface area contributed by atoms with E-state index in [0.29, 0.717) is 12.2 Å². The van der Waals surface area contributed by atoms with Crippen LogP contribution >= 0.6 is 27.3 Å². The van der Waals surface area contributed by atoms with Crippen LogP contribution in [-0.4, -0.2) is 16.6 Å². The molecule has 2 aromatic heterocycles. The average molecular weight is 327 g/mol. The van der Waals surface area contributed by atoms with Crippen molar-refractivity contribution in [1.29, 1.82) is 0 Å². The van der Waals surface area contributed by atoms with Crippen LogP contribution in [0.15, 0.2) is 28.1 Å². The summed E-state index contributed by atoms with van der Waals surface area (Å²) in [5, 5.41) is 12.9. The highest BCUT2D eigenvalue weighted by atomic mass is 79.9. The van der Waals surface area contributed by atoms with Gasteiger partial charge in [-0.15, -0.1) is 11.3 Å². The van der Waals surface area contributed by atoms with Crippen molar-refractivity contribution in [1.82, 2.24) is 10.3 Å². The second kappa shape index (κ2) is 6.31. The fourth-order valence-electron chi connectivity index (χ4n) is 1.64. The van der Waals surface area contributed by atoms with Gasteiger partial charge in [-0.1, -0.05) is 0 Å². The van der Waals surface area contributed by atoms with Gasteiger partial charge in [0.1, 0.15) is 5.75 Å². The molecule has 18 heavy (non-hydrogen) atoms. The van der Waals surface area contributed by atoms with Crippen molar-refractivity contribution < 1.29 is 5.11 Å². The van der Waals surface area contributed by atoms with Gasteiger partial charge in [-0.05, 0) is 53.5 Å². The first-order valence-corrected chi connectivity index (χ1v) is 7.36. The van der Waals surface area contributed by atoms with E-state index in [1.165, 1.54) is 4.88 Å². The number of aromatic hydroxyl groups is 1. The molecule has 0 radical (unpaired) electrons. The highest BCUT2D eigenvalue weighted by molar-refractivity contribution is 9.11. The zero-order chi connectivity index (χ0) is 13.0. The van der Waals surface area contributed by atoms with Crippen LogP contribution in [0.1, 0.15) is 16.3 Å². The van der Waals surface area contributed by atoms with Gasteiger partial charge in [0.15, 0.2) is 0 Å². The molecule has 0 amide bonds. The standard InChI is InChI=1S/C13H15BrN2OS/c1-9-2-4-12(17)11(16-9)8-15-7-6-10-3-5-13(14)18-10/h2-5,15,17H,6-8H2,1H3. The summed E-state index contributed by atoms with van der Waals surface area (Å²) in [6.45, 7) is 3.40. The number of halogens is 1. The number of hydrogen-bond donors (Lipinski definition) is 2. The molecule has 2 aromatic rings. The molecule has 2 N–H and O–H groups in total. The molecular weight excluding hydrogens is 312 g/mol. The second-order valence-electron chi connectivity index (χ2n) is 4.05. The summed E-state index contributed by atoms with van der Waals surface area (Å²) in [7, 11) is 0. The molecule has 2 heterocycles. The second-order valence-corrected chi connectivity index (χ2v) is 6.60. The Bertz CT molecular complexity index is 527. The number of rotatable bonds is 5. The van der Waals surface area contributed by atoms with Crippen LogP contribution in [0.3, 0.4) is 0 Å². The molecule has 0 saturated carbocycles. The van der Waals surface area contributed by atoms with Crippen LogP contribution < -0.4 is 5.32 Å². The van der Waals surface area contributed by atoms with E-state index in [4.69, 9.17) is 0 Å². The maximum Gasteiger partial charge on any atom is 0.138 e. The highest BCUT2D eigenvalue weighted by Crippen LogP contribution is 2.22. The molecule has 5 heteroatoms. The first-order chi connectivity index (χ1) is 8.65. The van der Waals surface area contributed by atoms with Gasteiger partial charge in [-0.3, -0.25) is 4.98 Å². The predicted molar refractivity (Wildman–Crippen MR) is 78.1 cm³/mol. The van der Waals surface area contributed by atoms with Gasteiger partial charge in [0.05, 0.1) is 9.48 Å².